The van der Waals surface area contributed by atoms with Gasteiger partial charge in [-0.15, -0.1) is 0 Å². The molecule has 0 aliphatic rings. The standard InChI is InChI=1S/C13H9Cl3O/c1-17-13-5-9(4-12(16)7-13)8-2-10(14)6-11(15)3-8/h2-7H,1H3. The van der Waals surface area contributed by atoms with Crippen LogP contribution in [0.4, 0.5) is 0 Å². The van der Waals surface area contributed by atoms with Gasteiger partial charge >= 0.3 is 0 Å². The second kappa shape index (κ2) is 5.18. The maximum atomic E-state index is 6.01. The van der Waals surface area contributed by atoms with E-state index in [1.807, 2.05) is 24.3 Å². The van der Waals surface area contributed by atoms with E-state index >= 15 is 0 Å². The van der Waals surface area contributed by atoms with Crippen molar-refractivity contribution in [3.63, 3.8) is 0 Å². The van der Waals surface area contributed by atoms with Gasteiger partial charge in [0.15, 0.2) is 0 Å². The molecule has 2 rings (SSSR count). The smallest absolute Gasteiger partial charge is 0.120 e. The molecule has 0 saturated carbocycles. The van der Waals surface area contributed by atoms with Crippen LogP contribution in [0.1, 0.15) is 0 Å². The molecule has 0 amide bonds. The van der Waals surface area contributed by atoms with E-state index in [-0.39, 0.29) is 0 Å². The molecule has 0 radical (unpaired) electrons. The molecule has 17 heavy (non-hydrogen) atoms. The monoisotopic (exact) mass is 286 g/mol. The van der Waals surface area contributed by atoms with Crippen molar-refractivity contribution in [2.75, 3.05) is 7.11 Å². The minimum absolute atomic E-state index is 0.589. The van der Waals surface area contributed by atoms with E-state index in [0.29, 0.717) is 20.8 Å². The van der Waals surface area contributed by atoms with Crippen molar-refractivity contribution in [1.82, 2.24) is 0 Å². The lowest BCUT2D eigenvalue weighted by Crippen LogP contribution is -1.85. The van der Waals surface area contributed by atoms with Crippen molar-refractivity contribution in [2.24, 2.45) is 0 Å². The van der Waals surface area contributed by atoms with E-state index in [4.69, 9.17) is 39.5 Å². The van der Waals surface area contributed by atoms with Gasteiger partial charge in [-0.05, 0) is 47.5 Å². The van der Waals surface area contributed by atoms with Crippen molar-refractivity contribution >= 4 is 34.8 Å². The highest BCUT2D eigenvalue weighted by atomic mass is 35.5. The first-order chi connectivity index (χ1) is 8.08. The fourth-order valence-corrected chi connectivity index (χ4v) is 2.32. The summed E-state index contributed by atoms with van der Waals surface area (Å²) in [6, 6.07) is 10.8. The van der Waals surface area contributed by atoms with Gasteiger partial charge in [0.1, 0.15) is 5.75 Å². The third-order valence-electron chi connectivity index (χ3n) is 2.30. The fraction of sp³-hybridized carbons (Fsp3) is 0.0769. The summed E-state index contributed by atoms with van der Waals surface area (Å²) in [5.41, 5.74) is 1.82. The first kappa shape index (κ1) is 12.6. The third kappa shape index (κ3) is 3.06. The Morgan fingerprint density at radius 2 is 1.18 bits per heavy atom. The van der Waals surface area contributed by atoms with Gasteiger partial charge in [0.2, 0.25) is 0 Å². The lowest BCUT2D eigenvalue weighted by molar-refractivity contribution is 0.415. The molecule has 0 aliphatic carbocycles. The lowest BCUT2D eigenvalue weighted by Gasteiger charge is -2.07. The maximum Gasteiger partial charge on any atom is 0.120 e. The Bertz CT molecular complexity index is 532. The molecule has 0 fully saturated rings. The fourth-order valence-electron chi connectivity index (χ4n) is 1.57. The first-order valence-corrected chi connectivity index (χ1v) is 6.03. The predicted octanol–water partition coefficient (Wildman–Crippen LogP) is 5.32. The van der Waals surface area contributed by atoms with Crippen molar-refractivity contribution in [2.45, 2.75) is 0 Å². The summed E-state index contributed by atoms with van der Waals surface area (Å²) in [6.45, 7) is 0. The van der Waals surface area contributed by atoms with Gasteiger partial charge in [-0.1, -0.05) is 34.8 Å². The van der Waals surface area contributed by atoms with E-state index in [1.54, 1.807) is 19.2 Å². The SMILES string of the molecule is COc1cc(Cl)cc(-c2cc(Cl)cc(Cl)c2)c1. The van der Waals surface area contributed by atoms with E-state index < -0.39 is 0 Å². The second-order valence-corrected chi connectivity index (χ2v) is 4.85. The molecule has 0 aliphatic heterocycles. The number of methoxy groups -OCH3 is 1. The summed E-state index contributed by atoms with van der Waals surface area (Å²) < 4.78 is 5.17. The van der Waals surface area contributed by atoms with Crippen LogP contribution in [0.3, 0.4) is 0 Å². The van der Waals surface area contributed by atoms with E-state index in [2.05, 4.69) is 0 Å². The molecule has 0 spiro atoms. The van der Waals surface area contributed by atoms with Crippen LogP contribution in [0.25, 0.3) is 11.1 Å². The van der Waals surface area contributed by atoms with Crippen molar-refractivity contribution < 1.29 is 4.74 Å². The first-order valence-electron chi connectivity index (χ1n) is 4.89. The highest BCUT2D eigenvalue weighted by molar-refractivity contribution is 6.35. The molecule has 1 nitrogen and oxygen atoms in total. The maximum absolute atomic E-state index is 6.01. The molecule has 0 saturated heterocycles. The van der Waals surface area contributed by atoms with Gasteiger partial charge in [0.25, 0.3) is 0 Å². The molecule has 0 bridgehead atoms. The summed E-state index contributed by atoms with van der Waals surface area (Å²) in [7, 11) is 1.60. The number of hydrogen-bond donors (Lipinski definition) is 0. The van der Waals surface area contributed by atoms with Crippen LogP contribution in [0, 0.1) is 0 Å². The Hall–Kier alpha value is -0.890. The molecule has 0 N–H and O–H groups in total. The minimum atomic E-state index is 0.589. The van der Waals surface area contributed by atoms with Crippen LogP contribution in [-0.4, -0.2) is 7.11 Å². The van der Waals surface area contributed by atoms with Gasteiger partial charge in [0, 0.05) is 15.1 Å². The van der Waals surface area contributed by atoms with Crippen LogP contribution in [0.5, 0.6) is 5.75 Å². The lowest BCUT2D eigenvalue weighted by atomic mass is 10.1. The molecule has 2 aromatic rings. The predicted molar refractivity (Wildman–Crippen MR) is 73.5 cm³/mol. The van der Waals surface area contributed by atoms with Crippen LogP contribution in [0.2, 0.25) is 15.1 Å². The number of halogens is 3. The van der Waals surface area contributed by atoms with Gasteiger partial charge in [0.05, 0.1) is 7.11 Å². The van der Waals surface area contributed by atoms with Crippen LogP contribution in [-0.2, 0) is 0 Å². The van der Waals surface area contributed by atoms with Gasteiger partial charge < -0.3 is 4.74 Å². The van der Waals surface area contributed by atoms with E-state index in [1.165, 1.54) is 0 Å². The molecular weight excluding hydrogens is 279 g/mol. The zero-order valence-electron chi connectivity index (χ0n) is 9.01. The average molecular weight is 288 g/mol. The van der Waals surface area contributed by atoms with E-state index in [9.17, 15) is 0 Å². The largest absolute Gasteiger partial charge is 0.497 e. The molecule has 0 unspecified atom stereocenters. The Balaban J connectivity index is 2.55. The highest BCUT2D eigenvalue weighted by Crippen LogP contribution is 2.31. The Morgan fingerprint density at radius 1 is 0.706 bits per heavy atom. The van der Waals surface area contributed by atoms with Crippen LogP contribution in [0.15, 0.2) is 36.4 Å². The van der Waals surface area contributed by atoms with Crippen molar-refractivity contribution in [3.05, 3.63) is 51.5 Å². The minimum Gasteiger partial charge on any atom is -0.497 e. The summed E-state index contributed by atoms with van der Waals surface area (Å²) in [5.74, 6) is 0.698. The molecule has 4 heteroatoms. The Morgan fingerprint density at radius 3 is 1.71 bits per heavy atom. The highest BCUT2D eigenvalue weighted by Gasteiger charge is 2.05. The average Bonchev–Trinajstić information content (AvgIpc) is 2.26. The molecular formula is C13H9Cl3O. The number of benzene rings is 2. The molecule has 0 heterocycles. The molecule has 0 aromatic heterocycles. The Kier molecular flexibility index (Phi) is 3.82. The van der Waals surface area contributed by atoms with Gasteiger partial charge in [-0.3, -0.25) is 0 Å². The quantitative estimate of drug-likeness (QED) is 0.726. The molecule has 2 aromatic carbocycles. The van der Waals surface area contributed by atoms with Crippen molar-refractivity contribution in [3.8, 4) is 16.9 Å². The summed E-state index contributed by atoms with van der Waals surface area (Å²) in [6.07, 6.45) is 0. The van der Waals surface area contributed by atoms with Gasteiger partial charge in [-0.2, -0.15) is 0 Å². The number of hydrogen-bond acceptors (Lipinski definition) is 1. The summed E-state index contributed by atoms with van der Waals surface area (Å²) in [5, 5.41) is 1.79. The third-order valence-corrected chi connectivity index (χ3v) is 2.96. The molecule has 88 valence electrons. The normalized spacial score (nSPS) is 10.4. The van der Waals surface area contributed by atoms with Gasteiger partial charge in [-0.25, -0.2) is 0 Å². The molecule has 0 atom stereocenters. The zero-order chi connectivity index (χ0) is 12.4. The number of ether oxygens (including phenoxy) is 1. The van der Waals surface area contributed by atoms with Crippen LogP contribution >= 0.6 is 34.8 Å². The van der Waals surface area contributed by atoms with E-state index in [0.717, 1.165) is 11.1 Å². The van der Waals surface area contributed by atoms with Crippen LogP contribution < -0.4 is 4.74 Å². The zero-order valence-corrected chi connectivity index (χ0v) is 11.3. The Labute approximate surface area is 115 Å². The number of rotatable bonds is 2. The topological polar surface area (TPSA) is 9.23 Å². The van der Waals surface area contributed by atoms with Crippen molar-refractivity contribution in [1.29, 1.82) is 0 Å². The summed E-state index contributed by atoms with van der Waals surface area (Å²) >= 11 is 17.9. The second-order valence-electron chi connectivity index (χ2n) is 3.54. The summed E-state index contributed by atoms with van der Waals surface area (Å²) in [4.78, 5) is 0.